The van der Waals surface area contributed by atoms with E-state index in [0.717, 1.165) is 4.90 Å². The van der Waals surface area contributed by atoms with E-state index in [4.69, 9.17) is 5.11 Å². The van der Waals surface area contributed by atoms with Gasteiger partial charge in [-0.1, -0.05) is 0 Å². The minimum Gasteiger partial charge on any atom is -0.481 e. The first-order chi connectivity index (χ1) is 5.18. The Bertz CT molecular complexity index is 259. The number of thiol groups is 1. The Kier molecular flexibility index (Phi) is 2.53. The molecule has 11 heavy (non-hydrogen) atoms. The highest BCUT2D eigenvalue weighted by molar-refractivity contribution is 7.80. The van der Waals surface area contributed by atoms with Crippen molar-refractivity contribution in [1.82, 2.24) is 9.78 Å². The minimum atomic E-state index is -0.818. The molecule has 1 N–H and O–H groups in total. The Morgan fingerprint density at radius 2 is 2.55 bits per heavy atom. The molecule has 0 bridgehead atoms. The van der Waals surface area contributed by atoms with E-state index in [-0.39, 0.29) is 6.42 Å². The van der Waals surface area contributed by atoms with E-state index in [9.17, 15) is 4.79 Å². The molecule has 0 saturated heterocycles. The molecule has 1 aromatic rings. The first-order valence-corrected chi connectivity index (χ1v) is 3.56. The Morgan fingerprint density at radius 1 is 1.82 bits per heavy atom. The standard InChI is InChI=1S/C6H8N2O2S/c9-6(10)1-2-8-4-5(11)3-7-8/h3-4,11H,1-2H2,(H,9,10). The summed E-state index contributed by atoms with van der Waals surface area (Å²) in [5.74, 6) is -0.818. The highest BCUT2D eigenvalue weighted by Crippen LogP contribution is 2.02. The number of aromatic nitrogens is 2. The number of rotatable bonds is 3. The highest BCUT2D eigenvalue weighted by Gasteiger charge is 1.98. The van der Waals surface area contributed by atoms with Gasteiger partial charge in [0.25, 0.3) is 0 Å². The number of hydrogen-bond donors (Lipinski definition) is 2. The lowest BCUT2D eigenvalue weighted by Gasteiger charge is -1.95. The van der Waals surface area contributed by atoms with Crippen molar-refractivity contribution >= 4 is 18.6 Å². The molecular weight excluding hydrogens is 164 g/mol. The number of carboxylic acids is 1. The van der Waals surface area contributed by atoms with E-state index in [1.807, 2.05) is 0 Å². The zero-order valence-electron chi connectivity index (χ0n) is 5.77. The molecule has 1 aromatic heterocycles. The quantitative estimate of drug-likeness (QED) is 0.658. The molecule has 0 saturated carbocycles. The van der Waals surface area contributed by atoms with Crippen LogP contribution in [-0.2, 0) is 11.3 Å². The molecule has 4 nitrogen and oxygen atoms in total. The van der Waals surface area contributed by atoms with Gasteiger partial charge in [-0.2, -0.15) is 5.10 Å². The highest BCUT2D eigenvalue weighted by atomic mass is 32.1. The first kappa shape index (κ1) is 8.13. The molecule has 0 amide bonds. The summed E-state index contributed by atoms with van der Waals surface area (Å²) in [4.78, 5) is 10.9. The lowest BCUT2D eigenvalue weighted by atomic mass is 10.4. The summed E-state index contributed by atoms with van der Waals surface area (Å²) in [6, 6.07) is 0. The zero-order chi connectivity index (χ0) is 8.27. The summed E-state index contributed by atoms with van der Waals surface area (Å²) in [6.45, 7) is 0.399. The predicted molar refractivity (Wildman–Crippen MR) is 41.7 cm³/mol. The van der Waals surface area contributed by atoms with Gasteiger partial charge in [0.05, 0.1) is 19.2 Å². The molecule has 0 aliphatic carbocycles. The van der Waals surface area contributed by atoms with E-state index in [1.165, 1.54) is 0 Å². The van der Waals surface area contributed by atoms with Gasteiger partial charge in [-0.25, -0.2) is 0 Å². The van der Waals surface area contributed by atoms with Crippen LogP contribution in [0.2, 0.25) is 0 Å². The van der Waals surface area contributed by atoms with Gasteiger partial charge in [-0.05, 0) is 0 Å². The van der Waals surface area contributed by atoms with E-state index < -0.39 is 5.97 Å². The van der Waals surface area contributed by atoms with Crippen molar-refractivity contribution in [2.45, 2.75) is 17.9 Å². The maximum Gasteiger partial charge on any atom is 0.305 e. The van der Waals surface area contributed by atoms with Crippen LogP contribution in [0.3, 0.4) is 0 Å². The third kappa shape index (κ3) is 2.63. The fourth-order valence-electron chi connectivity index (χ4n) is 0.685. The van der Waals surface area contributed by atoms with E-state index in [1.54, 1.807) is 17.1 Å². The molecular formula is C6H8N2O2S. The first-order valence-electron chi connectivity index (χ1n) is 3.11. The van der Waals surface area contributed by atoms with Gasteiger partial charge in [0, 0.05) is 11.1 Å². The zero-order valence-corrected chi connectivity index (χ0v) is 6.66. The van der Waals surface area contributed by atoms with E-state index >= 15 is 0 Å². The van der Waals surface area contributed by atoms with E-state index in [0.29, 0.717) is 6.54 Å². The third-order valence-corrected chi connectivity index (χ3v) is 1.41. The molecule has 5 heteroatoms. The van der Waals surface area contributed by atoms with Crippen molar-refractivity contribution in [3.63, 3.8) is 0 Å². The average Bonchev–Trinajstić information content (AvgIpc) is 2.31. The van der Waals surface area contributed by atoms with E-state index in [2.05, 4.69) is 17.7 Å². The van der Waals surface area contributed by atoms with Crippen LogP contribution in [0.15, 0.2) is 17.3 Å². The summed E-state index contributed by atoms with van der Waals surface area (Å²) in [7, 11) is 0. The number of hydrogen-bond acceptors (Lipinski definition) is 3. The molecule has 1 heterocycles. The summed E-state index contributed by atoms with van der Waals surface area (Å²) in [5.41, 5.74) is 0. The molecule has 0 aliphatic heterocycles. The van der Waals surface area contributed by atoms with Crippen molar-refractivity contribution < 1.29 is 9.90 Å². The molecule has 0 radical (unpaired) electrons. The van der Waals surface area contributed by atoms with Gasteiger partial charge in [-0.15, -0.1) is 12.6 Å². The van der Waals surface area contributed by atoms with Crippen LogP contribution in [0.25, 0.3) is 0 Å². The van der Waals surface area contributed by atoms with Crippen molar-refractivity contribution in [2.75, 3.05) is 0 Å². The Balaban J connectivity index is 2.45. The number of aryl methyl sites for hydroxylation is 1. The van der Waals surface area contributed by atoms with Crippen LogP contribution in [0, 0.1) is 0 Å². The SMILES string of the molecule is O=C(O)CCn1cc(S)cn1. The average molecular weight is 172 g/mol. The Hall–Kier alpha value is -0.970. The van der Waals surface area contributed by atoms with Gasteiger partial charge in [0.15, 0.2) is 0 Å². The molecule has 0 aliphatic rings. The van der Waals surface area contributed by atoms with Gasteiger partial charge in [0.1, 0.15) is 0 Å². The molecule has 0 atom stereocenters. The van der Waals surface area contributed by atoms with Crippen LogP contribution in [-0.4, -0.2) is 20.9 Å². The molecule has 60 valence electrons. The van der Waals surface area contributed by atoms with Crippen LogP contribution >= 0.6 is 12.6 Å². The maximum absolute atomic E-state index is 10.1. The van der Waals surface area contributed by atoms with Gasteiger partial charge >= 0.3 is 5.97 Å². The third-order valence-electron chi connectivity index (χ3n) is 1.17. The second-order valence-corrected chi connectivity index (χ2v) is 2.62. The van der Waals surface area contributed by atoms with Crippen molar-refractivity contribution in [1.29, 1.82) is 0 Å². The second kappa shape index (κ2) is 3.43. The van der Waals surface area contributed by atoms with Crippen molar-refractivity contribution in [3.8, 4) is 0 Å². The van der Waals surface area contributed by atoms with Gasteiger partial charge in [-0.3, -0.25) is 9.48 Å². The summed E-state index contributed by atoms with van der Waals surface area (Å²) in [5, 5.41) is 12.2. The van der Waals surface area contributed by atoms with Crippen LogP contribution in [0.4, 0.5) is 0 Å². The largest absolute Gasteiger partial charge is 0.481 e. The molecule has 1 rings (SSSR count). The maximum atomic E-state index is 10.1. The number of carboxylic acid groups (broad SMARTS) is 1. The molecule has 0 unspecified atom stereocenters. The summed E-state index contributed by atoms with van der Waals surface area (Å²) in [6.07, 6.45) is 3.35. The predicted octanol–water partition coefficient (Wildman–Crippen LogP) is 0.647. The topological polar surface area (TPSA) is 55.1 Å². The number of aliphatic carboxylic acids is 1. The van der Waals surface area contributed by atoms with Gasteiger partial charge in [0.2, 0.25) is 0 Å². The molecule has 0 aromatic carbocycles. The second-order valence-electron chi connectivity index (χ2n) is 2.11. The minimum absolute atomic E-state index is 0.0922. The van der Waals surface area contributed by atoms with Crippen LogP contribution in [0.5, 0.6) is 0 Å². The smallest absolute Gasteiger partial charge is 0.305 e. The number of carbonyl (C=O) groups is 1. The number of nitrogens with zero attached hydrogens (tertiary/aromatic N) is 2. The Labute approximate surface area is 69.2 Å². The summed E-state index contributed by atoms with van der Waals surface area (Å²) >= 11 is 4.02. The summed E-state index contributed by atoms with van der Waals surface area (Å²) < 4.78 is 1.55. The van der Waals surface area contributed by atoms with Crippen LogP contribution in [0.1, 0.15) is 6.42 Å². The lowest BCUT2D eigenvalue weighted by molar-refractivity contribution is -0.137. The fourth-order valence-corrected chi connectivity index (χ4v) is 0.870. The van der Waals surface area contributed by atoms with Crippen molar-refractivity contribution in [3.05, 3.63) is 12.4 Å². The lowest BCUT2D eigenvalue weighted by Crippen LogP contribution is -2.04. The molecule has 0 spiro atoms. The fraction of sp³-hybridized carbons (Fsp3) is 0.333. The monoisotopic (exact) mass is 172 g/mol. The molecule has 0 fully saturated rings. The normalized spacial score (nSPS) is 9.91. The van der Waals surface area contributed by atoms with Crippen LogP contribution < -0.4 is 0 Å². The van der Waals surface area contributed by atoms with Gasteiger partial charge < -0.3 is 5.11 Å². The Morgan fingerprint density at radius 3 is 3.00 bits per heavy atom. The van der Waals surface area contributed by atoms with Crippen molar-refractivity contribution in [2.24, 2.45) is 0 Å².